The van der Waals surface area contributed by atoms with Gasteiger partial charge >= 0.3 is 0 Å². The fourth-order valence-corrected chi connectivity index (χ4v) is 1.48. The number of amides is 1. The van der Waals surface area contributed by atoms with Gasteiger partial charge in [-0.25, -0.2) is 0 Å². The Morgan fingerprint density at radius 1 is 1.62 bits per heavy atom. The van der Waals surface area contributed by atoms with Crippen LogP contribution >= 0.6 is 15.9 Å². The van der Waals surface area contributed by atoms with E-state index in [-0.39, 0.29) is 18.6 Å². The third-order valence-electron chi connectivity index (χ3n) is 2.31. The third kappa shape index (κ3) is 3.21. The van der Waals surface area contributed by atoms with Gasteiger partial charge in [-0.05, 0) is 40.5 Å². The second kappa shape index (κ2) is 5.86. The summed E-state index contributed by atoms with van der Waals surface area (Å²) in [5, 5.41) is 11.7. The maximum Gasteiger partial charge on any atom is 0.251 e. The number of aliphatic hydroxyl groups excluding tert-OH is 1. The first-order valence-electron chi connectivity index (χ1n) is 5.05. The lowest BCUT2D eigenvalue weighted by molar-refractivity contribution is 0.0915. The maximum absolute atomic E-state index is 11.7. The Bertz CT molecular complexity index is 378. The number of aliphatic hydroxyl groups is 1. The highest BCUT2D eigenvalue weighted by molar-refractivity contribution is 9.10. The molecule has 1 amide bonds. The number of hydrogen-bond donors (Lipinski definition) is 3. The van der Waals surface area contributed by atoms with Crippen LogP contribution in [0.3, 0.4) is 0 Å². The van der Waals surface area contributed by atoms with Gasteiger partial charge < -0.3 is 16.2 Å². The average molecular weight is 287 g/mol. The van der Waals surface area contributed by atoms with E-state index >= 15 is 0 Å². The fourth-order valence-electron chi connectivity index (χ4n) is 1.23. The summed E-state index contributed by atoms with van der Waals surface area (Å²) < 4.78 is 0.762. The molecule has 0 aliphatic rings. The molecule has 16 heavy (non-hydrogen) atoms. The zero-order valence-electron chi connectivity index (χ0n) is 9.03. The van der Waals surface area contributed by atoms with Crippen molar-refractivity contribution in [3.63, 3.8) is 0 Å². The smallest absolute Gasteiger partial charge is 0.251 e. The van der Waals surface area contributed by atoms with E-state index in [2.05, 4.69) is 21.2 Å². The first-order chi connectivity index (χ1) is 7.58. The van der Waals surface area contributed by atoms with E-state index in [0.29, 0.717) is 17.7 Å². The summed E-state index contributed by atoms with van der Waals surface area (Å²) in [4.78, 5) is 11.7. The van der Waals surface area contributed by atoms with Gasteiger partial charge in [0.1, 0.15) is 0 Å². The standard InChI is InChI=1S/C11H15BrN2O2/c1-2-8(6-15)14-11(16)7-3-4-9(12)10(13)5-7/h3-5,8,15H,2,6,13H2,1H3,(H,14,16)/t8-/m0/s1. The molecule has 88 valence electrons. The maximum atomic E-state index is 11.7. The minimum atomic E-state index is -0.222. The summed E-state index contributed by atoms with van der Waals surface area (Å²) in [6, 6.07) is 4.80. The predicted octanol–water partition coefficient (Wildman–Crippen LogP) is 1.53. The van der Waals surface area contributed by atoms with Crippen LogP contribution < -0.4 is 11.1 Å². The monoisotopic (exact) mass is 286 g/mol. The molecule has 5 heteroatoms. The molecular formula is C11H15BrN2O2. The van der Waals surface area contributed by atoms with Crippen LogP contribution in [0.2, 0.25) is 0 Å². The molecule has 0 spiro atoms. The van der Waals surface area contributed by atoms with E-state index in [1.807, 2.05) is 6.92 Å². The van der Waals surface area contributed by atoms with Gasteiger partial charge in [0.05, 0.1) is 12.6 Å². The molecule has 4 N–H and O–H groups in total. The number of benzene rings is 1. The van der Waals surface area contributed by atoms with Gasteiger partial charge in [0.2, 0.25) is 0 Å². The molecule has 0 saturated heterocycles. The van der Waals surface area contributed by atoms with Crippen molar-refractivity contribution in [2.45, 2.75) is 19.4 Å². The molecule has 1 atom stereocenters. The predicted molar refractivity (Wildman–Crippen MR) is 67.2 cm³/mol. The van der Waals surface area contributed by atoms with E-state index in [4.69, 9.17) is 10.8 Å². The number of anilines is 1. The van der Waals surface area contributed by atoms with Gasteiger partial charge in [0.25, 0.3) is 5.91 Å². The Morgan fingerprint density at radius 2 is 2.31 bits per heavy atom. The molecular weight excluding hydrogens is 272 g/mol. The van der Waals surface area contributed by atoms with Crippen LogP contribution in [0.15, 0.2) is 22.7 Å². The second-order valence-corrected chi connectivity index (χ2v) is 4.35. The largest absolute Gasteiger partial charge is 0.398 e. The van der Waals surface area contributed by atoms with Crippen molar-refractivity contribution in [2.24, 2.45) is 0 Å². The summed E-state index contributed by atoms with van der Waals surface area (Å²) >= 11 is 3.26. The quantitative estimate of drug-likeness (QED) is 0.735. The molecule has 1 aromatic rings. The number of hydrogen-bond acceptors (Lipinski definition) is 3. The average Bonchev–Trinajstić information content (AvgIpc) is 2.29. The summed E-state index contributed by atoms with van der Waals surface area (Å²) in [5.41, 5.74) is 6.69. The lowest BCUT2D eigenvalue weighted by atomic mass is 10.1. The molecule has 0 heterocycles. The highest BCUT2D eigenvalue weighted by Gasteiger charge is 2.11. The Morgan fingerprint density at radius 3 is 2.81 bits per heavy atom. The molecule has 0 aliphatic carbocycles. The van der Waals surface area contributed by atoms with E-state index in [0.717, 1.165) is 4.47 Å². The highest BCUT2D eigenvalue weighted by atomic mass is 79.9. The molecule has 0 aromatic heterocycles. The van der Waals surface area contributed by atoms with Gasteiger partial charge in [-0.15, -0.1) is 0 Å². The zero-order valence-corrected chi connectivity index (χ0v) is 10.6. The summed E-state index contributed by atoms with van der Waals surface area (Å²) in [6.07, 6.45) is 0.689. The highest BCUT2D eigenvalue weighted by Crippen LogP contribution is 2.20. The van der Waals surface area contributed by atoms with Crippen molar-refractivity contribution in [3.8, 4) is 0 Å². The molecule has 0 fully saturated rings. The Hall–Kier alpha value is -1.07. The normalized spacial score (nSPS) is 12.2. The van der Waals surface area contributed by atoms with Crippen LogP contribution in [-0.4, -0.2) is 23.7 Å². The topological polar surface area (TPSA) is 75.3 Å². The van der Waals surface area contributed by atoms with Gasteiger partial charge in [0, 0.05) is 15.7 Å². The number of carbonyl (C=O) groups excluding carboxylic acids is 1. The zero-order chi connectivity index (χ0) is 12.1. The minimum absolute atomic E-state index is 0.0613. The van der Waals surface area contributed by atoms with Gasteiger partial charge in [0.15, 0.2) is 0 Å². The number of nitrogen functional groups attached to an aromatic ring is 1. The summed E-state index contributed by atoms with van der Waals surface area (Å²) in [6.45, 7) is 1.84. The van der Waals surface area contributed by atoms with E-state index in [1.54, 1.807) is 18.2 Å². The van der Waals surface area contributed by atoms with Crippen molar-refractivity contribution in [2.75, 3.05) is 12.3 Å². The molecule has 1 rings (SSSR count). The van der Waals surface area contributed by atoms with Crippen LogP contribution in [0.1, 0.15) is 23.7 Å². The first kappa shape index (κ1) is 13.0. The van der Waals surface area contributed by atoms with E-state index in [1.165, 1.54) is 0 Å². The van der Waals surface area contributed by atoms with Crippen LogP contribution in [0.25, 0.3) is 0 Å². The van der Waals surface area contributed by atoms with Gasteiger partial charge in [-0.1, -0.05) is 6.92 Å². The molecule has 0 unspecified atom stereocenters. The van der Waals surface area contributed by atoms with Gasteiger partial charge in [-0.3, -0.25) is 4.79 Å². The lowest BCUT2D eigenvalue weighted by Gasteiger charge is -2.14. The summed E-state index contributed by atoms with van der Waals surface area (Å²) in [7, 11) is 0. The molecule has 1 aromatic carbocycles. The Labute approximate surface area is 103 Å². The first-order valence-corrected chi connectivity index (χ1v) is 5.84. The van der Waals surface area contributed by atoms with Crippen LogP contribution in [0.5, 0.6) is 0 Å². The number of nitrogens with two attached hydrogens (primary N) is 1. The van der Waals surface area contributed by atoms with Crippen molar-refractivity contribution in [1.29, 1.82) is 0 Å². The number of rotatable bonds is 4. The van der Waals surface area contributed by atoms with Crippen LogP contribution in [-0.2, 0) is 0 Å². The van der Waals surface area contributed by atoms with Gasteiger partial charge in [-0.2, -0.15) is 0 Å². The lowest BCUT2D eigenvalue weighted by Crippen LogP contribution is -2.36. The molecule has 0 bridgehead atoms. The van der Waals surface area contributed by atoms with Crippen LogP contribution in [0, 0.1) is 0 Å². The Kier molecular flexibility index (Phi) is 4.76. The van der Waals surface area contributed by atoms with Crippen LogP contribution in [0.4, 0.5) is 5.69 Å². The number of halogens is 1. The Balaban J connectivity index is 2.76. The number of carbonyl (C=O) groups is 1. The minimum Gasteiger partial charge on any atom is -0.398 e. The molecule has 4 nitrogen and oxygen atoms in total. The summed E-state index contributed by atoms with van der Waals surface area (Å²) in [5.74, 6) is -0.222. The fraction of sp³-hybridized carbons (Fsp3) is 0.364. The van der Waals surface area contributed by atoms with Crippen molar-refractivity contribution >= 4 is 27.5 Å². The number of nitrogens with one attached hydrogen (secondary N) is 1. The third-order valence-corrected chi connectivity index (χ3v) is 3.03. The van der Waals surface area contributed by atoms with E-state index in [9.17, 15) is 4.79 Å². The van der Waals surface area contributed by atoms with Crippen molar-refractivity contribution in [3.05, 3.63) is 28.2 Å². The molecule has 0 saturated carbocycles. The molecule has 0 radical (unpaired) electrons. The SMILES string of the molecule is CC[C@@H](CO)NC(=O)c1ccc(Br)c(N)c1. The molecule has 0 aliphatic heterocycles. The second-order valence-electron chi connectivity index (χ2n) is 3.50. The van der Waals surface area contributed by atoms with E-state index < -0.39 is 0 Å². The van der Waals surface area contributed by atoms with Crippen molar-refractivity contribution in [1.82, 2.24) is 5.32 Å². The van der Waals surface area contributed by atoms with Crippen molar-refractivity contribution < 1.29 is 9.90 Å².